The van der Waals surface area contributed by atoms with E-state index in [4.69, 9.17) is 15.9 Å². The molecule has 0 radical (unpaired) electrons. The molecule has 1 aliphatic rings. The Morgan fingerprint density at radius 1 is 1.33 bits per heavy atom. The van der Waals surface area contributed by atoms with Crippen molar-refractivity contribution in [3.8, 4) is 0 Å². The molecule has 0 aliphatic carbocycles. The van der Waals surface area contributed by atoms with Gasteiger partial charge in [0, 0.05) is 23.5 Å². The number of allylic oxidation sites excluding steroid dienone is 4. The maximum Gasteiger partial charge on any atom is 0.573 e. The number of aliphatic hydroxyl groups is 1. The Balaban J connectivity index is 0.00000344. The number of nitrogens with two attached hydrogens (primary N) is 1. The zero-order valence-corrected chi connectivity index (χ0v) is 23.2. The van der Waals surface area contributed by atoms with Crippen molar-refractivity contribution in [1.29, 1.82) is 5.41 Å². The number of nitrogens with one attached hydrogen (secondary N) is 2. The van der Waals surface area contributed by atoms with Gasteiger partial charge in [-0.25, -0.2) is 0 Å². The lowest BCUT2D eigenvalue weighted by Crippen LogP contribution is -2.41. The summed E-state index contributed by atoms with van der Waals surface area (Å²) in [6, 6.07) is 4.64. The molecule has 1 heterocycles. The molecule has 2 rings (SSSR count). The zero-order valence-electron chi connectivity index (χ0n) is 23.2. The Morgan fingerprint density at radius 3 is 2.46 bits per heavy atom. The predicted octanol–water partition coefficient (Wildman–Crippen LogP) is 4.76. The maximum absolute atomic E-state index is 12.7. The largest absolute Gasteiger partial charge is 0.573 e. The van der Waals surface area contributed by atoms with Gasteiger partial charge in [-0.3, -0.25) is 15.0 Å². The summed E-state index contributed by atoms with van der Waals surface area (Å²) >= 11 is 0. The van der Waals surface area contributed by atoms with Gasteiger partial charge >= 0.3 is 6.36 Å². The number of rotatable bonds is 8. The number of hydrogen-bond acceptors (Lipinski definition) is 6. The number of amides is 2. The molecule has 5 N–H and O–H groups in total. The SMILES string of the molecule is C=C/C=C(\C=C(/C)N1CCOC(C(O)C(=O)Nc2ccc(C(=N)N)c(C)c2)CC1=O)OC(F)(F)F.CC.CC. The summed E-state index contributed by atoms with van der Waals surface area (Å²) in [7, 11) is 0. The van der Waals surface area contributed by atoms with E-state index in [-0.39, 0.29) is 31.1 Å². The average molecular weight is 557 g/mol. The van der Waals surface area contributed by atoms with Gasteiger partial charge < -0.3 is 30.5 Å². The van der Waals surface area contributed by atoms with Crippen molar-refractivity contribution in [3.05, 3.63) is 65.6 Å². The van der Waals surface area contributed by atoms with E-state index >= 15 is 0 Å². The van der Waals surface area contributed by atoms with Crippen molar-refractivity contribution in [1.82, 2.24) is 4.90 Å². The molecule has 1 fully saturated rings. The Kier molecular flexibility index (Phi) is 15.5. The molecule has 1 aromatic carbocycles. The summed E-state index contributed by atoms with van der Waals surface area (Å²) in [5, 5.41) is 20.5. The molecule has 2 unspecified atom stereocenters. The molecule has 218 valence electrons. The molecular weight excluding hydrogens is 517 g/mol. The van der Waals surface area contributed by atoms with Gasteiger partial charge in [0.25, 0.3) is 5.91 Å². The van der Waals surface area contributed by atoms with E-state index in [0.717, 1.165) is 18.2 Å². The van der Waals surface area contributed by atoms with Crippen molar-refractivity contribution in [2.75, 3.05) is 18.5 Å². The number of benzene rings is 1. The van der Waals surface area contributed by atoms with Crippen LogP contribution in [0.4, 0.5) is 18.9 Å². The molecule has 1 aliphatic heterocycles. The van der Waals surface area contributed by atoms with Crippen LogP contribution in [0.3, 0.4) is 0 Å². The third kappa shape index (κ3) is 11.7. The molecule has 0 aromatic heterocycles. The van der Waals surface area contributed by atoms with E-state index in [1.54, 1.807) is 19.1 Å². The first-order valence-corrected chi connectivity index (χ1v) is 12.4. The third-order valence-electron chi connectivity index (χ3n) is 5.02. The molecule has 2 atom stereocenters. The highest BCUT2D eigenvalue weighted by molar-refractivity contribution is 5.98. The van der Waals surface area contributed by atoms with Crippen LogP contribution >= 0.6 is 0 Å². The number of aryl methyl sites for hydroxylation is 1. The number of carbonyl (C=O) groups is 2. The molecule has 1 aromatic rings. The summed E-state index contributed by atoms with van der Waals surface area (Å²) in [4.78, 5) is 26.5. The summed E-state index contributed by atoms with van der Waals surface area (Å²) < 4.78 is 47.2. The molecular formula is C27H39F3N4O5. The van der Waals surface area contributed by atoms with Crippen LogP contribution in [-0.2, 0) is 19.1 Å². The van der Waals surface area contributed by atoms with E-state index in [2.05, 4.69) is 16.6 Å². The molecule has 0 spiro atoms. The number of carbonyl (C=O) groups excluding carboxylic acids is 2. The summed E-state index contributed by atoms with van der Waals surface area (Å²) in [6.07, 6.45) is -5.04. The average Bonchev–Trinajstić information content (AvgIpc) is 3.06. The second-order valence-corrected chi connectivity index (χ2v) is 7.67. The van der Waals surface area contributed by atoms with Gasteiger partial charge in [0.1, 0.15) is 17.7 Å². The first-order valence-electron chi connectivity index (χ1n) is 12.4. The molecule has 2 amide bonds. The van der Waals surface area contributed by atoms with Crippen molar-refractivity contribution in [2.45, 2.75) is 66.5 Å². The van der Waals surface area contributed by atoms with E-state index in [1.165, 1.54) is 17.9 Å². The van der Waals surface area contributed by atoms with Crippen LogP contribution < -0.4 is 11.1 Å². The lowest BCUT2D eigenvalue weighted by atomic mass is 10.1. The Hall–Kier alpha value is -3.64. The molecule has 39 heavy (non-hydrogen) atoms. The van der Waals surface area contributed by atoms with Gasteiger partial charge in [0.2, 0.25) is 5.91 Å². The number of nitrogen functional groups attached to an aromatic ring is 1. The maximum atomic E-state index is 12.7. The van der Waals surface area contributed by atoms with Gasteiger partial charge in [-0.15, -0.1) is 13.2 Å². The first kappa shape index (κ1) is 35.4. The first-order chi connectivity index (χ1) is 18.3. The number of alkyl halides is 3. The van der Waals surface area contributed by atoms with Crippen molar-refractivity contribution in [2.24, 2.45) is 5.73 Å². The molecule has 0 bridgehead atoms. The number of amidine groups is 1. The van der Waals surface area contributed by atoms with Crippen molar-refractivity contribution >= 4 is 23.3 Å². The predicted molar refractivity (Wildman–Crippen MR) is 145 cm³/mol. The fraction of sp³-hybridized carbons (Fsp3) is 0.444. The monoisotopic (exact) mass is 556 g/mol. The number of halogens is 3. The van der Waals surface area contributed by atoms with Gasteiger partial charge in [-0.1, -0.05) is 40.3 Å². The highest BCUT2D eigenvalue weighted by atomic mass is 19.4. The van der Waals surface area contributed by atoms with Gasteiger partial charge in [0.05, 0.1) is 13.0 Å². The number of ether oxygens (including phenoxy) is 2. The Bertz CT molecular complexity index is 1050. The summed E-state index contributed by atoms with van der Waals surface area (Å²) in [6.45, 7) is 14.4. The lowest BCUT2D eigenvalue weighted by molar-refractivity contribution is -0.303. The lowest BCUT2D eigenvalue weighted by Gasteiger charge is -2.22. The van der Waals surface area contributed by atoms with Gasteiger partial charge in [-0.2, -0.15) is 0 Å². The number of hydrogen-bond donors (Lipinski definition) is 4. The second-order valence-electron chi connectivity index (χ2n) is 7.67. The van der Waals surface area contributed by atoms with Gasteiger partial charge in [0.15, 0.2) is 6.10 Å². The fourth-order valence-corrected chi connectivity index (χ4v) is 3.41. The number of aliphatic hydroxyl groups excluding tert-OH is 1. The smallest absolute Gasteiger partial charge is 0.406 e. The summed E-state index contributed by atoms with van der Waals surface area (Å²) in [5.74, 6) is -2.06. The quantitative estimate of drug-likeness (QED) is 0.158. The second kappa shape index (κ2) is 17.0. The zero-order chi connectivity index (χ0) is 30.3. The van der Waals surface area contributed by atoms with Crippen LogP contribution in [0, 0.1) is 12.3 Å². The van der Waals surface area contributed by atoms with Crippen molar-refractivity contribution < 1.29 is 37.3 Å². The molecule has 0 saturated carbocycles. The minimum atomic E-state index is -4.93. The Morgan fingerprint density at radius 2 is 1.95 bits per heavy atom. The highest BCUT2D eigenvalue weighted by Gasteiger charge is 2.34. The van der Waals surface area contributed by atoms with E-state index < -0.39 is 36.1 Å². The summed E-state index contributed by atoms with van der Waals surface area (Å²) in [5.41, 5.74) is 7.11. The highest BCUT2D eigenvalue weighted by Crippen LogP contribution is 2.24. The van der Waals surface area contributed by atoms with E-state index in [9.17, 15) is 27.9 Å². The van der Waals surface area contributed by atoms with Crippen LogP contribution in [0.2, 0.25) is 0 Å². The van der Waals surface area contributed by atoms with Crippen molar-refractivity contribution in [3.63, 3.8) is 0 Å². The van der Waals surface area contributed by atoms with Crippen LogP contribution in [0.5, 0.6) is 0 Å². The molecule has 9 nitrogen and oxygen atoms in total. The van der Waals surface area contributed by atoms with Crippen LogP contribution in [0.1, 0.15) is 52.2 Å². The standard InChI is InChI=1S/C23H27F3N4O5.2C2H6/c1-4-5-16(35-23(24,25)26)11-14(3)30-8-9-34-18(12-19(30)31)20(32)22(33)29-15-6-7-17(21(27)28)13(2)10-15;2*1-2/h4-7,10-11,18,20,32H,1,8-9,12H2,2-3H3,(H3,27,28)(H,29,33);2*1-2H3/b14-11+,16-5+;;. The van der Waals surface area contributed by atoms with Crippen LogP contribution in [0.15, 0.2) is 54.5 Å². The van der Waals surface area contributed by atoms with Crippen LogP contribution in [0.25, 0.3) is 0 Å². The number of anilines is 1. The third-order valence-corrected chi connectivity index (χ3v) is 5.02. The topological polar surface area (TPSA) is 138 Å². The minimum Gasteiger partial charge on any atom is -0.406 e. The normalized spacial score (nSPS) is 16.9. The minimum absolute atomic E-state index is 0.00883. The van der Waals surface area contributed by atoms with Crippen LogP contribution in [-0.4, -0.2) is 59.4 Å². The van der Waals surface area contributed by atoms with Gasteiger partial charge in [-0.05, 0) is 49.8 Å². The van der Waals surface area contributed by atoms with E-state index in [1.807, 2.05) is 27.7 Å². The Labute approximate surface area is 227 Å². The number of nitrogens with zero attached hydrogens (tertiary/aromatic N) is 1. The molecule has 12 heteroatoms. The van der Waals surface area contributed by atoms with E-state index in [0.29, 0.717) is 16.8 Å². The fourth-order valence-electron chi connectivity index (χ4n) is 3.41. The molecule has 1 saturated heterocycles.